The fraction of sp³-hybridized carbons (Fsp3) is 0.200. The van der Waals surface area contributed by atoms with Crippen LogP contribution < -0.4 is 0 Å². The van der Waals surface area contributed by atoms with E-state index in [0.717, 1.165) is 40.0 Å². The highest BCUT2D eigenvalue weighted by atomic mass is 32.2. The Balaban J connectivity index is 1.33. The zero-order valence-electron chi connectivity index (χ0n) is 21.0. The predicted molar refractivity (Wildman–Crippen MR) is 143 cm³/mol. The Morgan fingerprint density at radius 3 is 2.44 bits per heavy atom. The molecular formula is C30H24F2N4O2S. The molecule has 0 radical (unpaired) electrons. The third-order valence-corrected chi connectivity index (χ3v) is 10.1. The molecule has 5 aromatic rings. The smallest absolute Gasteiger partial charge is 0.244 e. The highest BCUT2D eigenvalue weighted by Gasteiger charge is 2.71. The van der Waals surface area contributed by atoms with Crippen molar-refractivity contribution in [1.82, 2.24) is 19.1 Å². The van der Waals surface area contributed by atoms with Crippen molar-refractivity contribution >= 4 is 20.9 Å². The summed E-state index contributed by atoms with van der Waals surface area (Å²) in [5, 5.41) is 5.48. The second-order valence-corrected chi connectivity index (χ2v) is 12.4. The fourth-order valence-corrected chi connectivity index (χ4v) is 8.05. The normalized spacial score (nSPS) is 22.7. The summed E-state index contributed by atoms with van der Waals surface area (Å²) in [7, 11) is -3.92. The molecule has 2 aromatic heterocycles. The Bertz CT molecular complexity index is 1840. The van der Waals surface area contributed by atoms with Gasteiger partial charge in [0.2, 0.25) is 10.0 Å². The molecule has 3 heterocycles. The van der Waals surface area contributed by atoms with Crippen LogP contribution in [0.25, 0.3) is 16.6 Å². The summed E-state index contributed by atoms with van der Waals surface area (Å²) in [5.41, 5.74) is 4.51. The highest BCUT2D eigenvalue weighted by Crippen LogP contribution is 2.70. The molecule has 1 saturated heterocycles. The Kier molecular flexibility index (Phi) is 5.27. The minimum absolute atomic E-state index is 0.0690. The molecule has 0 spiro atoms. The maximum Gasteiger partial charge on any atom is 0.244 e. The number of aromatic nitrogens is 3. The van der Waals surface area contributed by atoms with Gasteiger partial charge in [-0.3, -0.25) is 4.98 Å². The molecule has 2 fully saturated rings. The van der Waals surface area contributed by atoms with Crippen LogP contribution in [0.15, 0.2) is 96.3 Å². The molecule has 1 aliphatic heterocycles. The summed E-state index contributed by atoms with van der Waals surface area (Å²) < 4.78 is 57.7. The number of fused-ring (bicyclic) bond motifs is 2. The number of sulfonamides is 1. The van der Waals surface area contributed by atoms with Crippen molar-refractivity contribution in [2.75, 3.05) is 13.1 Å². The van der Waals surface area contributed by atoms with E-state index in [1.54, 1.807) is 23.0 Å². The Morgan fingerprint density at radius 1 is 0.923 bits per heavy atom. The van der Waals surface area contributed by atoms with Crippen LogP contribution in [-0.4, -0.2) is 40.6 Å². The van der Waals surface area contributed by atoms with Gasteiger partial charge in [-0.15, -0.1) is 0 Å². The summed E-state index contributed by atoms with van der Waals surface area (Å²) in [6, 6.07) is 21.6. The summed E-state index contributed by atoms with van der Waals surface area (Å²) in [6.45, 7) is 2.66. The lowest BCUT2D eigenvalue weighted by Crippen LogP contribution is -2.34. The molecule has 0 unspecified atom stereocenters. The molecule has 0 bridgehead atoms. The first-order chi connectivity index (χ1) is 18.8. The summed E-state index contributed by atoms with van der Waals surface area (Å²) in [6.07, 6.45) is 3.98. The lowest BCUT2D eigenvalue weighted by Gasteiger charge is -2.25. The molecule has 3 atom stereocenters. The van der Waals surface area contributed by atoms with Gasteiger partial charge >= 0.3 is 0 Å². The van der Waals surface area contributed by atoms with Crippen LogP contribution in [0, 0.1) is 24.5 Å². The molecule has 196 valence electrons. The van der Waals surface area contributed by atoms with E-state index in [9.17, 15) is 17.2 Å². The molecule has 9 heteroatoms. The Hall–Kier alpha value is -3.95. The minimum atomic E-state index is -3.92. The van der Waals surface area contributed by atoms with E-state index in [1.165, 1.54) is 28.2 Å². The molecule has 7 rings (SSSR count). The molecule has 1 saturated carbocycles. The van der Waals surface area contributed by atoms with E-state index in [1.807, 2.05) is 25.1 Å². The lowest BCUT2D eigenvalue weighted by molar-refractivity contribution is 0.420. The van der Waals surface area contributed by atoms with Gasteiger partial charge in [0.05, 0.1) is 23.6 Å². The van der Waals surface area contributed by atoms with Crippen molar-refractivity contribution in [1.29, 1.82) is 0 Å². The summed E-state index contributed by atoms with van der Waals surface area (Å²) in [4.78, 5) is 3.62. The topological polar surface area (TPSA) is 68.1 Å². The monoisotopic (exact) mass is 542 g/mol. The number of piperidine rings is 1. The van der Waals surface area contributed by atoms with E-state index in [-0.39, 0.29) is 29.1 Å². The number of rotatable bonds is 5. The third kappa shape index (κ3) is 3.64. The SMILES string of the molecule is Cc1cc2c(cnn2-c2ccc(F)cc2)cc1[C@]12CN(S(=O)(=O)c3cncc(F)c3)C[C@H]1[C@@H]2c1ccccc1. The number of pyridine rings is 1. The van der Waals surface area contributed by atoms with Crippen LogP contribution in [-0.2, 0) is 15.4 Å². The van der Waals surface area contributed by atoms with Crippen LogP contribution in [0.4, 0.5) is 8.78 Å². The maximum atomic E-state index is 13.9. The summed E-state index contributed by atoms with van der Waals surface area (Å²) >= 11 is 0. The van der Waals surface area contributed by atoms with Crippen molar-refractivity contribution in [2.45, 2.75) is 23.2 Å². The zero-order chi connectivity index (χ0) is 26.9. The van der Waals surface area contributed by atoms with Gasteiger partial charge in [0.15, 0.2) is 0 Å². The van der Waals surface area contributed by atoms with Crippen LogP contribution >= 0.6 is 0 Å². The van der Waals surface area contributed by atoms with Crippen LogP contribution in [0.1, 0.15) is 22.6 Å². The maximum absolute atomic E-state index is 13.9. The van der Waals surface area contributed by atoms with Gasteiger partial charge in [0.25, 0.3) is 0 Å². The van der Waals surface area contributed by atoms with Crippen LogP contribution in [0.3, 0.4) is 0 Å². The quantitative estimate of drug-likeness (QED) is 0.300. The minimum Gasteiger partial charge on any atom is -0.260 e. The van der Waals surface area contributed by atoms with Gasteiger partial charge in [-0.2, -0.15) is 9.40 Å². The number of aryl methyl sites for hydroxylation is 1. The Labute approximate surface area is 224 Å². The van der Waals surface area contributed by atoms with Crippen LogP contribution in [0.2, 0.25) is 0 Å². The zero-order valence-corrected chi connectivity index (χ0v) is 21.8. The number of benzene rings is 3. The van der Waals surface area contributed by atoms with Crippen molar-refractivity contribution in [3.8, 4) is 5.69 Å². The number of halogens is 2. The van der Waals surface area contributed by atoms with Crippen LogP contribution in [0.5, 0.6) is 0 Å². The second-order valence-electron chi connectivity index (χ2n) is 10.4. The van der Waals surface area contributed by atoms with E-state index in [0.29, 0.717) is 6.54 Å². The Morgan fingerprint density at radius 2 is 1.69 bits per heavy atom. The third-order valence-electron chi connectivity index (χ3n) is 8.31. The van der Waals surface area contributed by atoms with E-state index >= 15 is 0 Å². The van der Waals surface area contributed by atoms with Gasteiger partial charge in [0, 0.05) is 36.0 Å². The first-order valence-electron chi connectivity index (χ1n) is 12.7. The van der Waals surface area contributed by atoms with Crippen molar-refractivity contribution in [2.24, 2.45) is 5.92 Å². The number of hydrogen-bond acceptors (Lipinski definition) is 4. The average molecular weight is 543 g/mol. The molecule has 6 nitrogen and oxygen atoms in total. The van der Waals surface area contributed by atoms with Gasteiger partial charge in [-0.05, 0) is 72.0 Å². The molecule has 3 aromatic carbocycles. The van der Waals surface area contributed by atoms with Gasteiger partial charge in [-0.25, -0.2) is 21.9 Å². The van der Waals surface area contributed by atoms with Gasteiger partial charge in [0.1, 0.15) is 16.5 Å². The highest BCUT2D eigenvalue weighted by molar-refractivity contribution is 7.89. The van der Waals surface area contributed by atoms with E-state index in [2.05, 4.69) is 34.3 Å². The van der Waals surface area contributed by atoms with Gasteiger partial charge in [-0.1, -0.05) is 30.3 Å². The first-order valence-corrected chi connectivity index (χ1v) is 14.1. The number of hydrogen-bond donors (Lipinski definition) is 0. The van der Waals surface area contributed by atoms with Crippen molar-refractivity contribution < 1.29 is 17.2 Å². The lowest BCUT2D eigenvalue weighted by atomic mass is 9.87. The number of nitrogens with zero attached hydrogens (tertiary/aromatic N) is 4. The average Bonchev–Trinajstić information content (AvgIpc) is 3.19. The molecule has 0 amide bonds. The molecule has 2 aliphatic rings. The largest absolute Gasteiger partial charge is 0.260 e. The molecular weight excluding hydrogens is 518 g/mol. The van der Waals surface area contributed by atoms with E-state index < -0.39 is 21.3 Å². The van der Waals surface area contributed by atoms with Crippen molar-refractivity contribution in [3.05, 3.63) is 120 Å². The van der Waals surface area contributed by atoms with Crippen molar-refractivity contribution in [3.63, 3.8) is 0 Å². The molecule has 1 aliphatic carbocycles. The summed E-state index contributed by atoms with van der Waals surface area (Å²) in [5.74, 6) is -0.774. The first kappa shape index (κ1) is 24.1. The standard InChI is InChI=1S/C30H24F2N4O2S/c1-19-11-28-21(14-34-36(28)24-9-7-22(31)8-10-24)12-26(19)30-18-35(39(37,38)25-13-23(32)15-33-16-25)17-27(30)29(30)20-5-3-2-4-6-20/h2-16,27,29H,17-18H2,1H3/t27-,29-,30+/m0/s1. The van der Waals surface area contributed by atoms with Gasteiger partial charge < -0.3 is 0 Å². The predicted octanol–water partition coefficient (Wildman–Crippen LogP) is 5.36. The molecule has 39 heavy (non-hydrogen) atoms. The molecule has 0 N–H and O–H groups in total. The second kappa shape index (κ2) is 8.53. The van der Waals surface area contributed by atoms with E-state index in [4.69, 9.17) is 0 Å². The fourth-order valence-electron chi connectivity index (χ4n) is 6.55.